The van der Waals surface area contributed by atoms with E-state index < -0.39 is 37.8 Å². The fourth-order valence-electron chi connectivity index (χ4n) is 2.48. The zero-order valence-corrected chi connectivity index (χ0v) is 22.5. The van der Waals surface area contributed by atoms with E-state index in [9.17, 15) is 14.4 Å². The first kappa shape index (κ1) is 28.1. The Kier molecular flexibility index (Phi) is 9.49. The van der Waals surface area contributed by atoms with Crippen LogP contribution < -0.4 is 15.5 Å². The van der Waals surface area contributed by atoms with Crippen molar-refractivity contribution in [1.29, 1.82) is 0 Å². The van der Waals surface area contributed by atoms with Crippen molar-refractivity contribution < 1.29 is 28.3 Å². The number of rotatable bonds is 10. The molecule has 1 atom stereocenters. The molecular formula is C22H38N2O6SSi. The van der Waals surface area contributed by atoms with E-state index in [2.05, 4.69) is 43.9 Å². The molecule has 8 nitrogen and oxygen atoms in total. The monoisotopic (exact) mass is 486 g/mol. The minimum atomic E-state index is -2.18. The minimum Gasteiger partial charge on any atom is -0.543 e. The third kappa shape index (κ3) is 8.21. The molecule has 1 amide bonds. The Morgan fingerprint density at radius 3 is 2.22 bits per heavy atom. The summed E-state index contributed by atoms with van der Waals surface area (Å²) < 4.78 is 16.7. The molecule has 0 bridgehead atoms. The molecule has 1 unspecified atom stereocenters. The first-order valence-electron chi connectivity index (χ1n) is 10.6. The summed E-state index contributed by atoms with van der Waals surface area (Å²) in [6.07, 6.45) is 0.235. The number of carbonyl (C=O) groups is 3. The van der Waals surface area contributed by atoms with Crippen LogP contribution >= 0.6 is 11.3 Å². The minimum absolute atomic E-state index is 0.0397. The highest BCUT2D eigenvalue weighted by atomic mass is 32.1. The van der Waals surface area contributed by atoms with Crippen LogP contribution in [0.2, 0.25) is 18.1 Å². The highest BCUT2D eigenvalue weighted by molar-refractivity contribution is 7.12. The van der Waals surface area contributed by atoms with E-state index in [4.69, 9.17) is 14.9 Å². The van der Waals surface area contributed by atoms with Gasteiger partial charge in [-0.1, -0.05) is 20.8 Å². The second-order valence-electron chi connectivity index (χ2n) is 10.2. The fourth-order valence-corrected chi connectivity index (χ4v) is 4.47. The van der Waals surface area contributed by atoms with E-state index in [1.54, 1.807) is 20.8 Å². The molecule has 0 saturated heterocycles. The van der Waals surface area contributed by atoms with E-state index in [0.29, 0.717) is 16.2 Å². The normalized spacial score (nSPS) is 13.4. The van der Waals surface area contributed by atoms with Crippen molar-refractivity contribution in [2.45, 2.75) is 90.7 Å². The van der Waals surface area contributed by atoms with Crippen molar-refractivity contribution >= 4 is 37.5 Å². The van der Waals surface area contributed by atoms with Gasteiger partial charge in [0.25, 0.3) is 8.32 Å². The van der Waals surface area contributed by atoms with Crippen LogP contribution in [0.25, 0.3) is 0 Å². The first-order valence-corrected chi connectivity index (χ1v) is 14.4. The molecule has 32 heavy (non-hydrogen) atoms. The Labute approximate surface area is 196 Å². The van der Waals surface area contributed by atoms with Gasteiger partial charge in [0.2, 0.25) is 5.91 Å². The molecule has 0 aliphatic carbocycles. The SMILES string of the molecule is COC(=O)CCC(NCc1c(O[Si](C)(C)C(C)(C)C)csc1C(=O)OC(C)(C)C)C(N)=O. The van der Waals surface area contributed by atoms with Crippen molar-refractivity contribution in [2.24, 2.45) is 5.73 Å². The van der Waals surface area contributed by atoms with Gasteiger partial charge in [0.05, 0.1) is 13.2 Å². The number of hydrogen-bond donors (Lipinski definition) is 2. The summed E-state index contributed by atoms with van der Waals surface area (Å²) in [6.45, 7) is 16.2. The van der Waals surface area contributed by atoms with Crippen molar-refractivity contribution in [1.82, 2.24) is 5.32 Å². The molecule has 0 saturated carbocycles. The number of thiophene rings is 1. The lowest BCUT2D eigenvalue weighted by Gasteiger charge is -2.36. The van der Waals surface area contributed by atoms with Gasteiger partial charge < -0.3 is 25.0 Å². The molecule has 182 valence electrons. The van der Waals surface area contributed by atoms with Gasteiger partial charge in [-0.2, -0.15) is 0 Å². The van der Waals surface area contributed by atoms with Crippen molar-refractivity contribution in [3.63, 3.8) is 0 Å². The van der Waals surface area contributed by atoms with Gasteiger partial charge >= 0.3 is 11.9 Å². The van der Waals surface area contributed by atoms with Crippen molar-refractivity contribution in [3.05, 3.63) is 15.8 Å². The molecule has 1 heterocycles. The molecule has 0 radical (unpaired) electrons. The molecule has 0 aliphatic rings. The molecule has 3 N–H and O–H groups in total. The summed E-state index contributed by atoms with van der Waals surface area (Å²) in [7, 11) is -0.895. The number of amides is 1. The third-order valence-electron chi connectivity index (χ3n) is 5.34. The van der Waals surface area contributed by atoms with Gasteiger partial charge in [0.15, 0.2) is 0 Å². The lowest BCUT2D eigenvalue weighted by atomic mass is 10.1. The summed E-state index contributed by atoms with van der Waals surface area (Å²) in [4.78, 5) is 36.6. The zero-order chi connectivity index (χ0) is 24.9. The van der Waals surface area contributed by atoms with E-state index >= 15 is 0 Å². The maximum atomic E-state index is 12.9. The fraction of sp³-hybridized carbons (Fsp3) is 0.682. The molecule has 0 spiro atoms. The maximum Gasteiger partial charge on any atom is 0.349 e. The van der Waals surface area contributed by atoms with E-state index in [0.717, 1.165) is 0 Å². The number of esters is 2. The summed E-state index contributed by atoms with van der Waals surface area (Å²) >= 11 is 1.25. The molecule has 10 heteroatoms. The Bertz CT molecular complexity index is 823. The largest absolute Gasteiger partial charge is 0.543 e. The number of ether oxygens (including phenoxy) is 2. The van der Waals surface area contributed by atoms with E-state index in [-0.39, 0.29) is 24.4 Å². The predicted molar refractivity (Wildman–Crippen MR) is 128 cm³/mol. The van der Waals surface area contributed by atoms with E-state index in [1.165, 1.54) is 18.4 Å². The summed E-state index contributed by atoms with van der Waals surface area (Å²) in [5.74, 6) is -0.861. The lowest BCUT2D eigenvalue weighted by molar-refractivity contribution is -0.140. The number of nitrogens with two attached hydrogens (primary N) is 1. The van der Waals surface area contributed by atoms with Gasteiger partial charge in [-0.05, 0) is 45.3 Å². The summed E-state index contributed by atoms with van der Waals surface area (Å²) in [5, 5.41) is 4.85. The Balaban J connectivity index is 3.22. The molecule has 0 fully saturated rings. The number of methoxy groups -OCH3 is 1. The predicted octanol–water partition coefficient (Wildman–Crippen LogP) is 3.98. The quantitative estimate of drug-likeness (QED) is 0.379. The lowest BCUT2D eigenvalue weighted by Crippen LogP contribution is -2.44. The molecule has 1 aromatic heterocycles. The van der Waals surface area contributed by atoms with Crippen LogP contribution in [0.3, 0.4) is 0 Å². The molecule has 0 aromatic carbocycles. The van der Waals surface area contributed by atoms with Crippen LogP contribution in [-0.4, -0.2) is 44.9 Å². The van der Waals surface area contributed by atoms with Crippen molar-refractivity contribution in [3.8, 4) is 5.75 Å². The van der Waals surface area contributed by atoms with Gasteiger partial charge in [0.1, 0.15) is 16.2 Å². The van der Waals surface area contributed by atoms with Gasteiger partial charge in [0, 0.05) is 23.9 Å². The highest BCUT2D eigenvalue weighted by Gasteiger charge is 2.40. The molecule has 1 aromatic rings. The van der Waals surface area contributed by atoms with Crippen LogP contribution in [0.5, 0.6) is 5.75 Å². The molecule has 1 rings (SSSR count). The molecular weight excluding hydrogens is 448 g/mol. The number of carbonyl (C=O) groups excluding carboxylic acids is 3. The topological polar surface area (TPSA) is 117 Å². The average Bonchev–Trinajstić information content (AvgIpc) is 3.00. The standard InChI is InChI=1S/C22H38N2O6SSi/c1-21(2,3)29-20(27)18-14(12-24-15(19(23)26)10-11-17(25)28-7)16(13-31-18)30-32(8,9)22(4,5)6/h13,15,24H,10-12H2,1-9H3,(H2,23,26). The maximum absolute atomic E-state index is 12.9. The van der Waals surface area contributed by atoms with Crippen LogP contribution in [0.4, 0.5) is 0 Å². The van der Waals surface area contributed by atoms with Crippen LogP contribution in [0.15, 0.2) is 5.38 Å². The smallest absolute Gasteiger partial charge is 0.349 e. The van der Waals surface area contributed by atoms with Gasteiger partial charge in [-0.3, -0.25) is 9.59 Å². The van der Waals surface area contributed by atoms with Crippen LogP contribution in [0, 0.1) is 0 Å². The van der Waals surface area contributed by atoms with Gasteiger partial charge in [-0.15, -0.1) is 11.3 Å². The number of hydrogen-bond acceptors (Lipinski definition) is 8. The number of primary amides is 1. The summed E-state index contributed by atoms with van der Waals surface area (Å²) in [5.41, 5.74) is 5.49. The zero-order valence-electron chi connectivity index (χ0n) is 20.7. The third-order valence-corrected chi connectivity index (χ3v) is 10.7. The second kappa shape index (κ2) is 10.8. The summed E-state index contributed by atoms with van der Waals surface area (Å²) in [6, 6.07) is -0.763. The average molecular weight is 487 g/mol. The van der Waals surface area contributed by atoms with Crippen LogP contribution in [-0.2, 0) is 25.6 Å². The Hall–Kier alpha value is -1.91. The highest BCUT2D eigenvalue weighted by Crippen LogP contribution is 2.40. The number of nitrogens with one attached hydrogen (secondary N) is 1. The Morgan fingerprint density at radius 1 is 1.16 bits per heavy atom. The Morgan fingerprint density at radius 2 is 1.75 bits per heavy atom. The van der Waals surface area contributed by atoms with E-state index in [1.807, 2.05) is 5.38 Å². The first-order chi connectivity index (χ1) is 14.5. The van der Waals surface area contributed by atoms with Crippen LogP contribution in [0.1, 0.15) is 69.6 Å². The second-order valence-corrected chi connectivity index (χ2v) is 15.8. The van der Waals surface area contributed by atoms with Gasteiger partial charge in [-0.25, -0.2) is 4.79 Å². The van der Waals surface area contributed by atoms with Crippen molar-refractivity contribution in [2.75, 3.05) is 7.11 Å². The molecule has 0 aliphatic heterocycles.